The quantitative estimate of drug-likeness (QED) is 0.0201. The van der Waals surface area contributed by atoms with E-state index in [4.69, 9.17) is 23.9 Å². The lowest BCUT2D eigenvalue weighted by molar-refractivity contribution is -0.947. The molecule has 430 valence electrons. The first-order valence-electron chi connectivity index (χ1n) is 27.4. The van der Waals surface area contributed by atoms with Crippen molar-refractivity contribution in [3.63, 3.8) is 0 Å². The van der Waals surface area contributed by atoms with Gasteiger partial charge in [-0.2, -0.15) is 0 Å². The number of carbonyl (C=O) groups is 8. The third-order valence-corrected chi connectivity index (χ3v) is 15.6. The zero-order chi connectivity index (χ0) is 57.8. The second-order valence-corrected chi connectivity index (χ2v) is 21.6. The monoisotopic (exact) mass is 1120 g/mol. The molecule has 4 atom stereocenters. The Balaban J connectivity index is 0.813. The molecule has 1 fully saturated rings. The number of nitrogens with one attached hydrogen (secondary N) is 5. The molecule has 2 aromatic heterocycles. The largest absolute Gasteiger partial charge is 0.481 e. The first kappa shape index (κ1) is 57.6. The van der Waals surface area contributed by atoms with Crippen LogP contribution in [-0.4, -0.2) is 147 Å². The summed E-state index contributed by atoms with van der Waals surface area (Å²) in [5.74, 6) is -4.66. The highest BCUT2D eigenvalue weighted by atomic mass is 16.7. The molecule has 5 aliphatic heterocycles. The van der Waals surface area contributed by atoms with E-state index >= 15 is 0 Å². The number of nitrogens with zero attached hydrogens (tertiary/aromatic N) is 4. The second kappa shape index (κ2) is 24.3. The Labute approximate surface area is 466 Å². The lowest BCUT2D eigenvalue weighted by atomic mass is 9.86. The number of amides is 6. The third-order valence-electron chi connectivity index (χ3n) is 15.6. The minimum Gasteiger partial charge on any atom is -0.481 e. The molecule has 0 spiro atoms. The van der Waals surface area contributed by atoms with Gasteiger partial charge in [-0.15, -0.1) is 0 Å². The van der Waals surface area contributed by atoms with Crippen molar-refractivity contribution in [2.45, 2.75) is 116 Å². The van der Waals surface area contributed by atoms with E-state index in [0.717, 1.165) is 69.7 Å². The summed E-state index contributed by atoms with van der Waals surface area (Å²) < 4.78 is 24.9. The Kier molecular flexibility index (Phi) is 17.3. The number of fused-ring (bicyclic) bond motifs is 6. The first-order valence-corrected chi connectivity index (χ1v) is 27.4. The highest BCUT2D eigenvalue weighted by Crippen LogP contribution is 2.43. The predicted octanol–water partition coefficient (Wildman–Crippen LogP) is 1.97. The number of aliphatic hydroxyl groups is 1. The molecule has 7 N–H and O–H groups in total. The van der Waals surface area contributed by atoms with Crippen molar-refractivity contribution in [3.05, 3.63) is 92.8 Å². The van der Waals surface area contributed by atoms with Crippen LogP contribution in [0.25, 0.3) is 22.3 Å². The number of pyridine rings is 2. The van der Waals surface area contributed by atoms with Gasteiger partial charge in [0.05, 0.1) is 48.8 Å². The summed E-state index contributed by atoms with van der Waals surface area (Å²) in [5.41, 5.74) is 3.10. The van der Waals surface area contributed by atoms with E-state index in [1.807, 2.05) is 38.1 Å². The molecule has 0 bridgehead atoms. The number of benzene rings is 2. The number of carboxylic acid groups (broad SMARTS) is 1. The maximum absolute atomic E-state index is 14.1. The zero-order valence-electron chi connectivity index (χ0n) is 45.7. The molecular weight excluding hydrogens is 1050 g/mol. The summed E-state index contributed by atoms with van der Waals surface area (Å²) in [4.78, 5) is 122. The molecule has 2 aromatic carbocycles. The number of anilines is 1. The number of quaternary nitrogens is 1. The number of morpholine rings is 1. The Morgan fingerprint density at radius 2 is 1.56 bits per heavy atom. The van der Waals surface area contributed by atoms with Crippen LogP contribution in [0, 0.1) is 5.92 Å². The van der Waals surface area contributed by atoms with Gasteiger partial charge in [-0.3, -0.25) is 43.3 Å². The molecule has 0 aliphatic carbocycles. The van der Waals surface area contributed by atoms with Gasteiger partial charge in [-0.1, -0.05) is 32.9 Å². The third kappa shape index (κ3) is 12.6. The van der Waals surface area contributed by atoms with Crippen molar-refractivity contribution in [2.75, 3.05) is 58.0 Å². The molecule has 1 saturated heterocycles. The molecule has 9 rings (SSSR count). The summed E-state index contributed by atoms with van der Waals surface area (Å²) in [7, 11) is 0. The molecule has 7 heterocycles. The molecule has 5 aliphatic rings. The molecule has 24 nitrogen and oxygen atoms in total. The van der Waals surface area contributed by atoms with Crippen molar-refractivity contribution < 1.29 is 72.0 Å². The lowest BCUT2D eigenvalue weighted by Crippen LogP contribution is -2.55. The summed E-state index contributed by atoms with van der Waals surface area (Å²) >= 11 is 0. The topological polar surface area (TPSA) is 312 Å². The predicted molar refractivity (Wildman–Crippen MR) is 290 cm³/mol. The number of aliphatic carboxylic acids is 1. The van der Waals surface area contributed by atoms with E-state index in [0.29, 0.717) is 66.9 Å². The lowest BCUT2D eigenvalue weighted by Gasteiger charge is -2.41. The van der Waals surface area contributed by atoms with Crippen LogP contribution in [-0.2, 0) is 79.7 Å². The van der Waals surface area contributed by atoms with E-state index in [1.54, 1.807) is 29.7 Å². The van der Waals surface area contributed by atoms with Gasteiger partial charge in [-0.25, -0.2) is 9.78 Å². The first-order chi connectivity index (χ1) is 38.8. The van der Waals surface area contributed by atoms with Gasteiger partial charge in [0, 0.05) is 84.9 Å². The van der Waals surface area contributed by atoms with Gasteiger partial charge in [0.1, 0.15) is 44.4 Å². The fraction of sp³-hybridized carbons (Fsp3) is 0.474. The molecule has 24 heteroatoms. The Morgan fingerprint density at radius 1 is 0.840 bits per heavy atom. The number of hydrogen-bond acceptors (Lipinski definition) is 16. The molecule has 0 unspecified atom stereocenters. The molecule has 6 amide bonds. The highest BCUT2D eigenvalue weighted by molar-refractivity contribution is 6.13. The van der Waals surface area contributed by atoms with Crippen LogP contribution in [0.3, 0.4) is 0 Å². The van der Waals surface area contributed by atoms with Gasteiger partial charge in [0.2, 0.25) is 30.4 Å². The maximum atomic E-state index is 14.1. The summed E-state index contributed by atoms with van der Waals surface area (Å²) in [6, 6.07) is 9.20. The second-order valence-electron chi connectivity index (χ2n) is 21.6. The number of hydrogen-bond donors (Lipinski definition) is 7. The Morgan fingerprint density at radius 3 is 2.25 bits per heavy atom. The van der Waals surface area contributed by atoms with Gasteiger partial charge in [0.15, 0.2) is 17.1 Å². The molecular formula is C57H68N9O15+. The zero-order valence-corrected chi connectivity index (χ0v) is 45.7. The number of esters is 1. The standard InChI is InChI=1S/C57H67N9O15/c1-5-57(77)40-25-44-51-38(28-65(44)55(75)39(40)30-79-56(57)76)37(36-24-45-46(81-31-80-45)26-42(36)62-51)27-58-16-6-18-66(19-21-78-22-20-66)29-34-7-9-35(10-8-34)60-53(73)41(11-14-50(70)71)63-52(72)33(4)59-54(74)43(23-32(2)3)61-47(67)15-17-64-48(68)12-13-49(64)69/h7-10,12-13,24-26,32-33,41,43,58,77H,5-6,11,14-23,27-31H2,1-4H3,(H4-,59,60,61,63,67,70,71,72,73,74)/p+1/t33-,41-,43+,57-/m0/s1. The molecule has 0 saturated carbocycles. The molecule has 4 aromatic rings. The number of cyclic esters (lactones) is 1. The minimum atomic E-state index is -1.96. The van der Waals surface area contributed by atoms with E-state index in [1.165, 1.54) is 6.92 Å². The Bertz CT molecular complexity index is 3240. The maximum Gasteiger partial charge on any atom is 0.343 e. The summed E-state index contributed by atoms with van der Waals surface area (Å²) in [6.07, 6.45) is 2.31. The van der Waals surface area contributed by atoms with Crippen molar-refractivity contribution in [1.29, 1.82) is 0 Å². The van der Waals surface area contributed by atoms with Crippen LogP contribution in [0.15, 0.2) is 59.4 Å². The smallest absolute Gasteiger partial charge is 0.343 e. The Hall–Kier alpha value is -8.06. The number of carbonyl (C=O) groups excluding carboxylic acids is 7. The van der Waals surface area contributed by atoms with Gasteiger partial charge < -0.3 is 64.8 Å². The van der Waals surface area contributed by atoms with Crippen LogP contribution >= 0.6 is 0 Å². The van der Waals surface area contributed by atoms with Crippen LogP contribution < -0.4 is 41.6 Å². The molecule has 0 radical (unpaired) electrons. The van der Waals surface area contributed by atoms with Crippen LogP contribution in [0.1, 0.15) is 94.0 Å². The highest BCUT2D eigenvalue weighted by Gasteiger charge is 2.46. The van der Waals surface area contributed by atoms with Crippen molar-refractivity contribution >= 4 is 64.0 Å². The van der Waals surface area contributed by atoms with E-state index in [2.05, 4.69) is 26.6 Å². The van der Waals surface area contributed by atoms with Crippen LogP contribution in [0.4, 0.5) is 5.69 Å². The summed E-state index contributed by atoms with van der Waals surface area (Å²) in [6.45, 7) is 11.9. The summed E-state index contributed by atoms with van der Waals surface area (Å²) in [5, 5.41) is 36.0. The van der Waals surface area contributed by atoms with Crippen molar-refractivity contribution in [3.8, 4) is 22.9 Å². The van der Waals surface area contributed by atoms with Crippen molar-refractivity contribution in [1.82, 2.24) is 35.7 Å². The van der Waals surface area contributed by atoms with Crippen molar-refractivity contribution in [2.24, 2.45) is 5.92 Å². The van der Waals surface area contributed by atoms with Gasteiger partial charge in [0.25, 0.3) is 17.4 Å². The van der Waals surface area contributed by atoms with E-state index in [9.17, 15) is 53.4 Å². The average Bonchev–Trinajstić information content (AvgIpc) is 4.34. The fourth-order valence-electron chi connectivity index (χ4n) is 11.1. The van der Waals surface area contributed by atoms with Crippen LogP contribution in [0.2, 0.25) is 0 Å². The SMILES string of the molecule is CC[C@@]1(O)C(=O)OCc2c1cc1n(c2=O)Cc2c-1nc1cc3c(cc1c2CNCCC[N+]1(Cc2ccc(NC(=O)[C@H](CCC(=O)O)NC(=O)[C@H](C)NC(=O)[C@@H](CC(C)C)NC(=O)CCN4C(=O)C=CC4=O)cc2)CCOCC1)OCO3. The number of imide groups is 1. The average molecular weight is 1120 g/mol. The fourth-order valence-corrected chi connectivity index (χ4v) is 11.1. The minimum absolute atomic E-state index is 0.0275. The van der Waals surface area contributed by atoms with E-state index < -0.39 is 77.5 Å². The molecule has 81 heavy (non-hydrogen) atoms. The number of rotatable bonds is 24. The van der Waals surface area contributed by atoms with Gasteiger partial charge >= 0.3 is 11.9 Å². The van der Waals surface area contributed by atoms with Crippen LogP contribution in [0.5, 0.6) is 11.5 Å². The normalized spacial score (nSPS) is 18.6. The number of ether oxygens (including phenoxy) is 4. The van der Waals surface area contributed by atoms with Gasteiger partial charge in [-0.05, 0) is 61.9 Å². The number of aromatic nitrogens is 2. The van der Waals surface area contributed by atoms with E-state index in [-0.39, 0.29) is 74.8 Å². The number of carboxylic acids is 1.